The number of morpholine rings is 1. The van der Waals surface area contributed by atoms with Gasteiger partial charge in [-0.05, 0) is 30.7 Å². The van der Waals surface area contributed by atoms with Crippen molar-refractivity contribution in [2.45, 2.75) is 13.8 Å². The minimum absolute atomic E-state index is 0.0309. The summed E-state index contributed by atoms with van der Waals surface area (Å²) in [7, 11) is 0. The normalized spacial score (nSPS) is 15.7. The molecule has 0 aliphatic carbocycles. The molecule has 1 aromatic rings. The summed E-state index contributed by atoms with van der Waals surface area (Å²) in [4.78, 5) is 24.4. The predicted molar refractivity (Wildman–Crippen MR) is 68.7 cm³/mol. The summed E-state index contributed by atoms with van der Waals surface area (Å²) in [5, 5.41) is 2.72. The number of amides is 2. The molecule has 2 rings (SSSR count). The van der Waals surface area contributed by atoms with Gasteiger partial charge in [0, 0.05) is 24.8 Å². The van der Waals surface area contributed by atoms with Gasteiger partial charge < -0.3 is 15.0 Å². The molecule has 96 valence electrons. The Labute approximate surface area is 106 Å². The number of carbonyl (C=O) groups is 2. The van der Waals surface area contributed by atoms with Crippen molar-refractivity contribution >= 4 is 23.2 Å². The fraction of sp³-hybridized carbons (Fsp3) is 0.385. The third kappa shape index (κ3) is 2.68. The maximum Gasteiger partial charge on any atom is 0.253 e. The number of nitrogens with one attached hydrogen (secondary N) is 1. The van der Waals surface area contributed by atoms with E-state index in [0.29, 0.717) is 13.2 Å². The van der Waals surface area contributed by atoms with Crippen molar-refractivity contribution in [1.29, 1.82) is 0 Å². The van der Waals surface area contributed by atoms with Gasteiger partial charge in [-0.25, -0.2) is 0 Å². The van der Waals surface area contributed by atoms with Crippen molar-refractivity contribution in [2.24, 2.45) is 0 Å². The van der Waals surface area contributed by atoms with E-state index in [-0.39, 0.29) is 18.4 Å². The lowest BCUT2D eigenvalue weighted by molar-refractivity contribution is -0.125. The first-order valence-electron chi connectivity index (χ1n) is 5.84. The number of ether oxygens (including phenoxy) is 1. The van der Waals surface area contributed by atoms with Crippen molar-refractivity contribution in [3.8, 4) is 0 Å². The van der Waals surface area contributed by atoms with Crippen molar-refractivity contribution in [3.63, 3.8) is 0 Å². The van der Waals surface area contributed by atoms with Gasteiger partial charge in [0.05, 0.1) is 6.61 Å². The van der Waals surface area contributed by atoms with Crippen molar-refractivity contribution in [2.75, 3.05) is 30.0 Å². The second-order valence-electron chi connectivity index (χ2n) is 4.28. The highest BCUT2D eigenvalue weighted by Gasteiger charge is 2.21. The minimum Gasteiger partial charge on any atom is -0.370 e. The van der Waals surface area contributed by atoms with Crippen LogP contribution in [0.2, 0.25) is 0 Å². The molecule has 0 bridgehead atoms. The highest BCUT2D eigenvalue weighted by molar-refractivity contribution is 5.96. The van der Waals surface area contributed by atoms with Crippen LogP contribution in [0.1, 0.15) is 12.5 Å². The summed E-state index contributed by atoms with van der Waals surface area (Å²) in [6, 6.07) is 5.51. The Hall–Kier alpha value is -1.88. The van der Waals surface area contributed by atoms with E-state index in [1.807, 2.05) is 19.1 Å². The number of anilines is 2. The lowest BCUT2D eigenvalue weighted by Gasteiger charge is -2.28. The van der Waals surface area contributed by atoms with Crippen LogP contribution in [0, 0.1) is 6.92 Å². The number of nitrogens with zero attached hydrogens (tertiary/aromatic N) is 1. The quantitative estimate of drug-likeness (QED) is 0.858. The van der Waals surface area contributed by atoms with Crippen LogP contribution >= 0.6 is 0 Å². The first-order valence-corrected chi connectivity index (χ1v) is 5.84. The van der Waals surface area contributed by atoms with E-state index >= 15 is 0 Å². The molecule has 0 spiro atoms. The SMILES string of the molecule is CC(=O)Nc1ccc(N2CCOCC2=O)c(C)c1. The van der Waals surface area contributed by atoms with Gasteiger partial charge in [-0.15, -0.1) is 0 Å². The van der Waals surface area contributed by atoms with Crippen LogP contribution in [0.4, 0.5) is 11.4 Å². The van der Waals surface area contributed by atoms with Gasteiger partial charge in [-0.2, -0.15) is 0 Å². The molecule has 0 atom stereocenters. The fourth-order valence-electron chi connectivity index (χ4n) is 2.01. The van der Waals surface area contributed by atoms with Crippen molar-refractivity contribution in [3.05, 3.63) is 23.8 Å². The van der Waals surface area contributed by atoms with Gasteiger partial charge >= 0.3 is 0 Å². The summed E-state index contributed by atoms with van der Waals surface area (Å²) in [5.41, 5.74) is 2.57. The Morgan fingerprint density at radius 1 is 1.44 bits per heavy atom. The monoisotopic (exact) mass is 248 g/mol. The number of hydrogen-bond donors (Lipinski definition) is 1. The lowest BCUT2D eigenvalue weighted by Crippen LogP contribution is -2.42. The van der Waals surface area contributed by atoms with E-state index in [2.05, 4.69) is 5.32 Å². The van der Waals surface area contributed by atoms with Crippen LogP contribution in [0.25, 0.3) is 0 Å². The predicted octanol–water partition coefficient (Wildman–Crippen LogP) is 1.32. The highest BCUT2D eigenvalue weighted by Crippen LogP contribution is 2.24. The molecule has 5 heteroatoms. The third-order valence-electron chi connectivity index (χ3n) is 2.79. The molecule has 0 unspecified atom stereocenters. The van der Waals surface area contributed by atoms with Crippen molar-refractivity contribution < 1.29 is 14.3 Å². The maximum atomic E-state index is 11.7. The Balaban J connectivity index is 2.23. The molecule has 1 aliphatic rings. The fourth-order valence-corrected chi connectivity index (χ4v) is 2.01. The van der Waals surface area contributed by atoms with Crippen LogP contribution in [-0.2, 0) is 14.3 Å². The van der Waals surface area contributed by atoms with Gasteiger partial charge in [0.15, 0.2) is 0 Å². The van der Waals surface area contributed by atoms with Crippen LogP contribution in [-0.4, -0.2) is 31.6 Å². The Morgan fingerprint density at radius 3 is 2.83 bits per heavy atom. The lowest BCUT2D eigenvalue weighted by atomic mass is 10.1. The smallest absolute Gasteiger partial charge is 0.253 e. The van der Waals surface area contributed by atoms with E-state index in [1.165, 1.54) is 6.92 Å². The summed E-state index contributed by atoms with van der Waals surface area (Å²) >= 11 is 0. The number of rotatable bonds is 2. The molecule has 0 radical (unpaired) electrons. The zero-order chi connectivity index (χ0) is 13.1. The molecular weight excluding hydrogens is 232 g/mol. The Morgan fingerprint density at radius 2 is 2.22 bits per heavy atom. The standard InChI is InChI=1S/C13H16N2O3/c1-9-7-11(14-10(2)16)3-4-12(9)15-5-6-18-8-13(15)17/h3-4,7H,5-6,8H2,1-2H3,(H,14,16). The van der Waals surface area contributed by atoms with Gasteiger partial charge in [0.2, 0.25) is 5.91 Å². The average Bonchev–Trinajstić information content (AvgIpc) is 2.30. The topological polar surface area (TPSA) is 58.6 Å². The van der Waals surface area contributed by atoms with Gasteiger partial charge in [-0.1, -0.05) is 0 Å². The maximum absolute atomic E-state index is 11.7. The number of hydrogen-bond acceptors (Lipinski definition) is 3. The first-order chi connectivity index (χ1) is 8.58. The molecule has 1 fully saturated rings. The largest absolute Gasteiger partial charge is 0.370 e. The molecule has 1 aliphatic heterocycles. The van der Waals surface area contributed by atoms with Gasteiger partial charge in [-0.3, -0.25) is 9.59 Å². The number of benzene rings is 1. The molecule has 2 amide bonds. The van der Waals surface area contributed by atoms with E-state index in [0.717, 1.165) is 16.9 Å². The Kier molecular flexibility index (Phi) is 3.62. The van der Waals surface area contributed by atoms with Crippen molar-refractivity contribution in [1.82, 2.24) is 0 Å². The highest BCUT2D eigenvalue weighted by atomic mass is 16.5. The average molecular weight is 248 g/mol. The van der Waals surface area contributed by atoms with E-state index in [4.69, 9.17) is 4.74 Å². The zero-order valence-electron chi connectivity index (χ0n) is 10.5. The molecule has 0 aromatic heterocycles. The molecular formula is C13H16N2O3. The summed E-state index contributed by atoms with van der Waals surface area (Å²) in [5.74, 6) is -0.138. The third-order valence-corrected chi connectivity index (χ3v) is 2.79. The summed E-state index contributed by atoms with van der Waals surface area (Å²) in [6.45, 7) is 4.64. The van der Waals surface area contributed by atoms with E-state index < -0.39 is 0 Å². The van der Waals surface area contributed by atoms with E-state index in [9.17, 15) is 9.59 Å². The summed E-state index contributed by atoms with van der Waals surface area (Å²) in [6.07, 6.45) is 0. The zero-order valence-corrected chi connectivity index (χ0v) is 10.5. The number of carbonyl (C=O) groups excluding carboxylic acids is 2. The van der Waals surface area contributed by atoms with Crippen LogP contribution < -0.4 is 10.2 Å². The molecule has 0 saturated carbocycles. The molecule has 1 heterocycles. The van der Waals surface area contributed by atoms with Crippen LogP contribution in [0.3, 0.4) is 0 Å². The van der Waals surface area contributed by atoms with Crippen LogP contribution in [0.5, 0.6) is 0 Å². The van der Waals surface area contributed by atoms with Gasteiger partial charge in [0.25, 0.3) is 5.91 Å². The summed E-state index contributed by atoms with van der Waals surface area (Å²) < 4.78 is 5.10. The molecule has 1 N–H and O–H groups in total. The second-order valence-corrected chi connectivity index (χ2v) is 4.28. The molecule has 18 heavy (non-hydrogen) atoms. The first kappa shape index (κ1) is 12.6. The van der Waals surface area contributed by atoms with Crippen LogP contribution in [0.15, 0.2) is 18.2 Å². The Bertz CT molecular complexity index is 485. The second kappa shape index (κ2) is 5.18. The van der Waals surface area contributed by atoms with Gasteiger partial charge in [0.1, 0.15) is 6.61 Å². The van der Waals surface area contributed by atoms with E-state index in [1.54, 1.807) is 11.0 Å². The number of aryl methyl sites for hydroxylation is 1. The molecule has 5 nitrogen and oxygen atoms in total. The molecule has 1 aromatic carbocycles. The molecule has 1 saturated heterocycles. The minimum atomic E-state index is -0.107.